The Labute approximate surface area is 171 Å². The molecule has 0 aliphatic carbocycles. The second kappa shape index (κ2) is 13.8. The highest BCUT2D eigenvalue weighted by Crippen LogP contribution is 2.21. The van der Waals surface area contributed by atoms with Crippen molar-refractivity contribution in [1.29, 1.82) is 0 Å². The summed E-state index contributed by atoms with van der Waals surface area (Å²) in [6.07, 6.45) is 21.1. The molecule has 0 saturated heterocycles. The summed E-state index contributed by atoms with van der Waals surface area (Å²) in [5, 5.41) is 0. The molecule has 0 aromatic heterocycles. The first-order chi connectivity index (χ1) is 12.5. The van der Waals surface area contributed by atoms with Crippen molar-refractivity contribution in [3.05, 3.63) is 58.7 Å². The molecule has 0 aromatic rings. The smallest absolute Gasteiger partial charge is 0.00980 e. The van der Waals surface area contributed by atoms with E-state index in [1.165, 1.54) is 41.6 Å². The van der Waals surface area contributed by atoms with Crippen LogP contribution in [0.2, 0.25) is 0 Å². The van der Waals surface area contributed by atoms with Gasteiger partial charge in [0.15, 0.2) is 0 Å². The standard InChI is InChI=1S/C27H46/c1-22(2)13-10-14-24(5)15-11-16-25(6)18-19-26(21-23(3)4)17-12-20-27(7,8)9/h12-13,15,17-18,21,23H,10-11,14,16,19-20H2,1-9H3/b17-12-,24-15+,25-18+,26-21+. The first kappa shape index (κ1) is 25.7. The number of allylic oxidation sites excluding steroid dienone is 10. The van der Waals surface area contributed by atoms with Crippen LogP contribution in [0.25, 0.3) is 0 Å². The summed E-state index contributed by atoms with van der Waals surface area (Å²) in [6.45, 7) is 20.3. The first-order valence-corrected chi connectivity index (χ1v) is 10.8. The van der Waals surface area contributed by atoms with Crippen molar-refractivity contribution in [2.75, 3.05) is 0 Å². The van der Waals surface area contributed by atoms with Crippen LogP contribution in [0.3, 0.4) is 0 Å². The molecule has 0 heterocycles. The Morgan fingerprint density at radius 2 is 1.37 bits per heavy atom. The van der Waals surface area contributed by atoms with Gasteiger partial charge in [0.2, 0.25) is 0 Å². The molecule has 0 rings (SSSR count). The van der Waals surface area contributed by atoms with E-state index in [1.807, 2.05) is 0 Å². The lowest BCUT2D eigenvalue weighted by atomic mass is 9.91. The van der Waals surface area contributed by atoms with E-state index in [9.17, 15) is 0 Å². The lowest BCUT2D eigenvalue weighted by Gasteiger charge is -2.14. The van der Waals surface area contributed by atoms with Gasteiger partial charge in [0.25, 0.3) is 0 Å². The van der Waals surface area contributed by atoms with Gasteiger partial charge in [0, 0.05) is 0 Å². The fourth-order valence-corrected chi connectivity index (χ4v) is 2.81. The minimum absolute atomic E-state index is 0.362. The summed E-state index contributed by atoms with van der Waals surface area (Å²) >= 11 is 0. The first-order valence-electron chi connectivity index (χ1n) is 10.8. The molecule has 0 aromatic carbocycles. The highest BCUT2D eigenvalue weighted by molar-refractivity contribution is 5.23. The quantitative estimate of drug-likeness (QED) is 0.251. The Balaban J connectivity index is 4.57. The van der Waals surface area contributed by atoms with Gasteiger partial charge in [0.1, 0.15) is 0 Å². The van der Waals surface area contributed by atoms with Crippen LogP contribution in [0.15, 0.2) is 58.7 Å². The van der Waals surface area contributed by atoms with Gasteiger partial charge in [-0.3, -0.25) is 0 Å². The lowest BCUT2D eigenvalue weighted by molar-refractivity contribution is 0.420. The Morgan fingerprint density at radius 3 is 1.89 bits per heavy atom. The van der Waals surface area contributed by atoms with E-state index in [0.717, 1.165) is 19.3 Å². The van der Waals surface area contributed by atoms with E-state index in [0.29, 0.717) is 11.3 Å². The van der Waals surface area contributed by atoms with Crippen LogP contribution >= 0.6 is 0 Å². The van der Waals surface area contributed by atoms with E-state index in [1.54, 1.807) is 0 Å². The van der Waals surface area contributed by atoms with Crippen LogP contribution in [-0.2, 0) is 0 Å². The molecule has 27 heavy (non-hydrogen) atoms. The zero-order valence-electron chi connectivity index (χ0n) is 19.8. The van der Waals surface area contributed by atoms with Gasteiger partial charge in [-0.25, -0.2) is 0 Å². The van der Waals surface area contributed by atoms with Crippen LogP contribution in [0, 0.1) is 11.3 Å². The SMILES string of the molecule is CC(C)=CCC/C(C)=C/CC/C(C)=C/CC(/C=C\CC(C)(C)C)=C/C(C)C. The average molecular weight is 371 g/mol. The van der Waals surface area contributed by atoms with Gasteiger partial charge in [0.05, 0.1) is 0 Å². The van der Waals surface area contributed by atoms with Crippen LogP contribution in [0.4, 0.5) is 0 Å². The minimum Gasteiger partial charge on any atom is -0.0856 e. The predicted octanol–water partition coefficient (Wildman–Crippen LogP) is 9.37. The summed E-state index contributed by atoms with van der Waals surface area (Å²) in [5.74, 6) is 0.597. The fourth-order valence-electron chi connectivity index (χ4n) is 2.81. The zero-order valence-corrected chi connectivity index (χ0v) is 19.8. The summed E-state index contributed by atoms with van der Waals surface area (Å²) in [7, 11) is 0. The maximum absolute atomic E-state index is 2.42. The van der Waals surface area contributed by atoms with Crippen molar-refractivity contribution in [2.45, 2.75) is 101 Å². The zero-order chi connectivity index (χ0) is 20.9. The van der Waals surface area contributed by atoms with E-state index < -0.39 is 0 Å². The molecular formula is C27H46. The molecule has 0 aliphatic heterocycles. The van der Waals surface area contributed by atoms with Crippen molar-refractivity contribution in [2.24, 2.45) is 11.3 Å². The molecule has 0 aliphatic rings. The van der Waals surface area contributed by atoms with Gasteiger partial charge in [-0.05, 0) is 83.1 Å². The Bertz CT molecular complexity index is 549. The highest BCUT2D eigenvalue weighted by atomic mass is 14.1. The van der Waals surface area contributed by atoms with Crippen LogP contribution < -0.4 is 0 Å². The molecule has 0 N–H and O–H groups in total. The molecule has 0 saturated carbocycles. The molecule has 0 nitrogen and oxygen atoms in total. The van der Waals surface area contributed by atoms with E-state index >= 15 is 0 Å². The molecule has 0 spiro atoms. The van der Waals surface area contributed by atoms with Crippen molar-refractivity contribution in [3.63, 3.8) is 0 Å². The summed E-state index contributed by atoms with van der Waals surface area (Å²) in [4.78, 5) is 0. The molecule has 0 radical (unpaired) electrons. The van der Waals surface area contributed by atoms with Crippen LogP contribution in [0.5, 0.6) is 0 Å². The molecule has 0 bridgehead atoms. The number of hydrogen-bond acceptors (Lipinski definition) is 0. The lowest BCUT2D eigenvalue weighted by Crippen LogP contribution is -2.01. The van der Waals surface area contributed by atoms with Crippen LogP contribution in [0.1, 0.15) is 101 Å². The van der Waals surface area contributed by atoms with Crippen molar-refractivity contribution < 1.29 is 0 Å². The Morgan fingerprint density at radius 1 is 0.815 bits per heavy atom. The molecule has 0 atom stereocenters. The molecule has 0 fully saturated rings. The maximum Gasteiger partial charge on any atom is -0.00980 e. The average Bonchev–Trinajstić information content (AvgIpc) is 2.50. The summed E-state index contributed by atoms with van der Waals surface area (Å²) in [5.41, 5.74) is 6.25. The summed E-state index contributed by atoms with van der Waals surface area (Å²) in [6, 6.07) is 0. The van der Waals surface area contributed by atoms with Crippen molar-refractivity contribution in [3.8, 4) is 0 Å². The van der Waals surface area contributed by atoms with Gasteiger partial charge >= 0.3 is 0 Å². The Hall–Kier alpha value is -1.30. The monoisotopic (exact) mass is 370 g/mol. The van der Waals surface area contributed by atoms with E-state index in [4.69, 9.17) is 0 Å². The fraction of sp³-hybridized carbons (Fsp3) is 0.630. The van der Waals surface area contributed by atoms with Gasteiger partial charge in [-0.1, -0.05) is 87.8 Å². The van der Waals surface area contributed by atoms with E-state index in [2.05, 4.69) is 98.8 Å². The Kier molecular flexibility index (Phi) is 13.1. The normalized spacial score (nSPS) is 14.4. The number of rotatable bonds is 11. The molecule has 0 amide bonds. The summed E-state index contributed by atoms with van der Waals surface area (Å²) < 4.78 is 0. The third-order valence-electron chi connectivity index (χ3n) is 4.42. The largest absolute Gasteiger partial charge is 0.0856 e. The third-order valence-corrected chi connectivity index (χ3v) is 4.42. The maximum atomic E-state index is 2.42. The van der Waals surface area contributed by atoms with E-state index in [-0.39, 0.29) is 0 Å². The third kappa shape index (κ3) is 17.9. The van der Waals surface area contributed by atoms with Crippen LogP contribution in [-0.4, -0.2) is 0 Å². The number of hydrogen-bond donors (Lipinski definition) is 0. The van der Waals surface area contributed by atoms with Gasteiger partial charge in [-0.15, -0.1) is 0 Å². The second-order valence-corrected chi connectivity index (χ2v) is 9.82. The predicted molar refractivity (Wildman–Crippen MR) is 126 cm³/mol. The van der Waals surface area contributed by atoms with Crippen molar-refractivity contribution >= 4 is 0 Å². The molecule has 154 valence electrons. The molecule has 0 heteroatoms. The highest BCUT2D eigenvalue weighted by Gasteiger charge is 2.06. The topological polar surface area (TPSA) is 0 Å². The van der Waals surface area contributed by atoms with Crippen molar-refractivity contribution in [1.82, 2.24) is 0 Å². The van der Waals surface area contributed by atoms with Gasteiger partial charge < -0.3 is 0 Å². The molecule has 0 unspecified atom stereocenters. The van der Waals surface area contributed by atoms with Gasteiger partial charge in [-0.2, -0.15) is 0 Å². The molecular weight excluding hydrogens is 324 g/mol. The minimum atomic E-state index is 0.362. The second-order valence-electron chi connectivity index (χ2n) is 9.82.